The second kappa shape index (κ2) is 8.98. The SMILES string of the molecule is CCOC(=O)[C@@H]1CC[C@@H](Nc2nnc(-c3ccc(C#N)cc3O)c3ccccc23)CN1. The maximum Gasteiger partial charge on any atom is 0.323 e. The summed E-state index contributed by atoms with van der Waals surface area (Å²) in [7, 11) is 0. The highest BCUT2D eigenvalue weighted by Crippen LogP contribution is 2.35. The van der Waals surface area contributed by atoms with E-state index in [0.29, 0.717) is 42.2 Å². The van der Waals surface area contributed by atoms with Gasteiger partial charge in [0.05, 0.1) is 18.2 Å². The molecule has 0 radical (unpaired) electrons. The van der Waals surface area contributed by atoms with Gasteiger partial charge in [-0.1, -0.05) is 24.3 Å². The number of esters is 1. The minimum absolute atomic E-state index is 0.0132. The number of hydrogen-bond acceptors (Lipinski definition) is 8. The molecule has 1 aromatic heterocycles. The van der Waals surface area contributed by atoms with Gasteiger partial charge < -0.3 is 20.5 Å². The number of piperidine rings is 1. The van der Waals surface area contributed by atoms with Crippen LogP contribution in [-0.4, -0.2) is 46.5 Å². The first-order valence-electron chi connectivity index (χ1n) is 10.3. The van der Waals surface area contributed by atoms with Gasteiger partial charge in [0, 0.05) is 28.9 Å². The van der Waals surface area contributed by atoms with Crippen LogP contribution in [0.2, 0.25) is 0 Å². The molecule has 8 heteroatoms. The molecule has 0 aliphatic carbocycles. The third kappa shape index (κ3) is 4.27. The second-order valence-corrected chi connectivity index (χ2v) is 7.42. The van der Waals surface area contributed by atoms with Crippen LogP contribution in [0.1, 0.15) is 25.3 Å². The van der Waals surface area contributed by atoms with Gasteiger partial charge in [-0.15, -0.1) is 10.2 Å². The third-order valence-electron chi connectivity index (χ3n) is 5.40. The Labute approximate surface area is 179 Å². The number of anilines is 1. The number of phenolic OH excluding ortho intramolecular Hbond substituents is 1. The first kappa shape index (κ1) is 20.6. The van der Waals surface area contributed by atoms with E-state index in [9.17, 15) is 9.90 Å². The Hall–Kier alpha value is -3.70. The van der Waals surface area contributed by atoms with E-state index in [1.807, 2.05) is 30.3 Å². The number of carbonyl (C=O) groups excluding carboxylic acids is 1. The van der Waals surface area contributed by atoms with Gasteiger partial charge in [-0.05, 0) is 38.0 Å². The Morgan fingerprint density at radius 1 is 1.26 bits per heavy atom. The molecule has 4 rings (SSSR count). The number of nitrogens with one attached hydrogen (secondary N) is 2. The molecule has 1 fully saturated rings. The van der Waals surface area contributed by atoms with Gasteiger partial charge in [0.15, 0.2) is 5.82 Å². The largest absolute Gasteiger partial charge is 0.507 e. The number of phenols is 1. The van der Waals surface area contributed by atoms with Gasteiger partial charge in [0.1, 0.15) is 17.5 Å². The molecule has 158 valence electrons. The molecule has 1 saturated heterocycles. The maximum atomic E-state index is 11.9. The Bertz CT molecular complexity index is 1150. The van der Waals surface area contributed by atoms with Crippen molar-refractivity contribution in [3.63, 3.8) is 0 Å². The predicted molar refractivity (Wildman–Crippen MR) is 116 cm³/mol. The van der Waals surface area contributed by atoms with Gasteiger partial charge in [-0.25, -0.2) is 0 Å². The molecule has 0 bridgehead atoms. The van der Waals surface area contributed by atoms with Crippen LogP contribution in [0.3, 0.4) is 0 Å². The highest BCUT2D eigenvalue weighted by Gasteiger charge is 2.27. The molecular weight excluding hydrogens is 394 g/mol. The van der Waals surface area contributed by atoms with Crippen molar-refractivity contribution >= 4 is 22.6 Å². The van der Waals surface area contributed by atoms with Crippen LogP contribution in [-0.2, 0) is 9.53 Å². The maximum absolute atomic E-state index is 11.9. The first-order valence-corrected chi connectivity index (χ1v) is 10.3. The molecule has 1 aliphatic heterocycles. The lowest BCUT2D eigenvalue weighted by molar-refractivity contribution is -0.146. The van der Waals surface area contributed by atoms with Gasteiger partial charge in [0.2, 0.25) is 0 Å². The van der Waals surface area contributed by atoms with Crippen molar-refractivity contribution in [3.8, 4) is 23.1 Å². The molecule has 3 aromatic rings. The second-order valence-electron chi connectivity index (χ2n) is 7.42. The number of nitriles is 1. The fourth-order valence-corrected chi connectivity index (χ4v) is 3.83. The van der Waals surface area contributed by atoms with Crippen LogP contribution in [0, 0.1) is 11.3 Å². The molecule has 0 amide bonds. The summed E-state index contributed by atoms with van der Waals surface area (Å²) in [5.41, 5.74) is 1.45. The van der Waals surface area contributed by atoms with Crippen LogP contribution >= 0.6 is 0 Å². The third-order valence-corrected chi connectivity index (χ3v) is 5.40. The smallest absolute Gasteiger partial charge is 0.323 e. The number of benzene rings is 2. The van der Waals surface area contributed by atoms with E-state index >= 15 is 0 Å². The Kier molecular flexibility index (Phi) is 5.96. The molecule has 2 aromatic carbocycles. The summed E-state index contributed by atoms with van der Waals surface area (Å²) < 4.78 is 5.09. The van der Waals surface area contributed by atoms with Gasteiger partial charge in [-0.3, -0.25) is 4.79 Å². The van der Waals surface area contributed by atoms with E-state index in [4.69, 9.17) is 10.00 Å². The van der Waals surface area contributed by atoms with Crippen molar-refractivity contribution in [2.24, 2.45) is 0 Å². The zero-order valence-electron chi connectivity index (χ0n) is 17.1. The molecule has 2 atom stereocenters. The molecule has 31 heavy (non-hydrogen) atoms. The number of nitrogens with zero attached hydrogens (tertiary/aromatic N) is 3. The summed E-state index contributed by atoms with van der Waals surface area (Å²) in [5, 5.41) is 36.6. The summed E-state index contributed by atoms with van der Waals surface area (Å²) in [6.45, 7) is 2.79. The van der Waals surface area contributed by atoms with E-state index in [0.717, 1.165) is 17.2 Å². The highest BCUT2D eigenvalue weighted by atomic mass is 16.5. The van der Waals surface area contributed by atoms with E-state index < -0.39 is 0 Å². The van der Waals surface area contributed by atoms with Crippen LogP contribution in [0.15, 0.2) is 42.5 Å². The van der Waals surface area contributed by atoms with Crippen molar-refractivity contribution in [1.29, 1.82) is 5.26 Å². The van der Waals surface area contributed by atoms with E-state index in [2.05, 4.69) is 20.8 Å². The van der Waals surface area contributed by atoms with E-state index in [-0.39, 0.29) is 23.8 Å². The standard InChI is InChI=1S/C23H23N5O3/c1-2-31-23(30)19-10-8-15(13-25-19)26-22-17-6-4-3-5-16(17)21(27-28-22)18-9-7-14(12-24)11-20(18)29/h3-7,9,11,15,19,25,29H,2,8,10,13H2,1H3,(H,26,28)/t15-,19+/m1/s1. The molecule has 8 nitrogen and oxygen atoms in total. The molecule has 3 N–H and O–H groups in total. The van der Waals surface area contributed by atoms with Crippen molar-refractivity contribution < 1.29 is 14.6 Å². The lowest BCUT2D eigenvalue weighted by Crippen LogP contribution is -2.49. The predicted octanol–water partition coefficient (Wildman–Crippen LogP) is 2.97. The van der Waals surface area contributed by atoms with Gasteiger partial charge in [0.25, 0.3) is 0 Å². The Morgan fingerprint density at radius 3 is 2.74 bits per heavy atom. The van der Waals surface area contributed by atoms with E-state index in [1.165, 1.54) is 6.07 Å². The molecule has 2 heterocycles. The fourth-order valence-electron chi connectivity index (χ4n) is 3.83. The van der Waals surface area contributed by atoms with Crippen LogP contribution < -0.4 is 10.6 Å². The van der Waals surface area contributed by atoms with Crippen molar-refractivity contribution in [1.82, 2.24) is 15.5 Å². The first-order chi connectivity index (χ1) is 15.1. The summed E-state index contributed by atoms with van der Waals surface area (Å²) in [5.74, 6) is 0.423. The summed E-state index contributed by atoms with van der Waals surface area (Å²) in [4.78, 5) is 11.9. The number of hydrogen-bond donors (Lipinski definition) is 3. The van der Waals surface area contributed by atoms with Crippen LogP contribution in [0.4, 0.5) is 5.82 Å². The number of ether oxygens (including phenoxy) is 1. The number of carbonyl (C=O) groups is 1. The minimum atomic E-state index is -0.275. The van der Waals surface area contributed by atoms with Crippen LogP contribution in [0.5, 0.6) is 5.75 Å². The normalized spacial score (nSPS) is 18.3. The highest BCUT2D eigenvalue weighted by molar-refractivity contribution is 6.01. The average Bonchev–Trinajstić information content (AvgIpc) is 2.80. The zero-order chi connectivity index (χ0) is 21.8. The number of fused-ring (bicyclic) bond motifs is 1. The summed E-state index contributed by atoms with van der Waals surface area (Å²) >= 11 is 0. The van der Waals surface area contributed by atoms with Crippen molar-refractivity contribution in [3.05, 3.63) is 48.0 Å². The number of rotatable bonds is 5. The summed E-state index contributed by atoms with van der Waals surface area (Å²) in [6, 6.07) is 14.3. The zero-order valence-corrected chi connectivity index (χ0v) is 17.1. The Balaban J connectivity index is 1.58. The average molecular weight is 417 g/mol. The number of aromatic hydroxyl groups is 1. The van der Waals surface area contributed by atoms with Crippen LogP contribution in [0.25, 0.3) is 22.0 Å². The topological polar surface area (TPSA) is 120 Å². The molecule has 0 saturated carbocycles. The van der Waals surface area contributed by atoms with Gasteiger partial charge >= 0.3 is 5.97 Å². The van der Waals surface area contributed by atoms with Crippen molar-refractivity contribution in [2.75, 3.05) is 18.5 Å². The lowest BCUT2D eigenvalue weighted by atomic mass is 10.00. The molecule has 0 unspecified atom stereocenters. The van der Waals surface area contributed by atoms with Gasteiger partial charge in [-0.2, -0.15) is 5.26 Å². The summed E-state index contributed by atoms with van der Waals surface area (Å²) in [6.07, 6.45) is 1.48. The minimum Gasteiger partial charge on any atom is -0.507 e. The molecule has 1 aliphatic rings. The molecule has 0 spiro atoms. The number of aromatic nitrogens is 2. The fraction of sp³-hybridized carbons (Fsp3) is 0.304. The quantitative estimate of drug-likeness (QED) is 0.542. The lowest BCUT2D eigenvalue weighted by Gasteiger charge is -2.29. The van der Waals surface area contributed by atoms with Crippen molar-refractivity contribution in [2.45, 2.75) is 31.8 Å². The Morgan fingerprint density at radius 2 is 2.06 bits per heavy atom. The molecular formula is C23H23N5O3. The van der Waals surface area contributed by atoms with E-state index in [1.54, 1.807) is 19.1 Å². The monoisotopic (exact) mass is 417 g/mol.